The Morgan fingerprint density at radius 1 is 1.65 bits per heavy atom. The van der Waals surface area contributed by atoms with Crippen molar-refractivity contribution in [2.75, 3.05) is 31.8 Å². The first-order valence-electron chi connectivity index (χ1n) is 5.53. The number of anilines is 1. The van der Waals surface area contributed by atoms with Crippen LogP contribution in [0.3, 0.4) is 0 Å². The number of esters is 1. The number of aryl methyl sites for hydroxylation is 1. The van der Waals surface area contributed by atoms with Crippen molar-refractivity contribution >= 4 is 22.4 Å². The molecule has 1 unspecified atom stereocenters. The Hall–Kier alpha value is -1.14. The summed E-state index contributed by atoms with van der Waals surface area (Å²) in [7, 11) is 1.39. The van der Waals surface area contributed by atoms with E-state index in [1.165, 1.54) is 18.4 Å². The molecule has 0 aliphatic carbocycles. The summed E-state index contributed by atoms with van der Waals surface area (Å²) >= 11 is 1.39. The second-order valence-electron chi connectivity index (χ2n) is 4.02. The van der Waals surface area contributed by atoms with E-state index in [4.69, 9.17) is 9.47 Å². The van der Waals surface area contributed by atoms with Crippen molar-refractivity contribution in [1.29, 1.82) is 0 Å². The van der Waals surface area contributed by atoms with Crippen molar-refractivity contribution in [3.63, 3.8) is 0 Å². The maximum Gasteiger partial charge on any atom is 0.350 e. The number of thiazole rings is 1. The van der Waals surface area contributed by atoms with Crippen LogP contribution in [-0.2, 0) is 9.47 Å². The van der Waals surface area contributed by atoms with Crippen LogP contribution in [0, 0.1) is 6.92 Å². The molecule has 1 aromatic rings. The van der Waals surface area contributed by atoms with Gasteiger partial charge in [-0.1, -0.05) is 11.3 Å². The van der Waals surface area contributed by atoms with Gasteiger partial charge >= 0.3 is 5.97 Å². The van der Waals surface area contributed by atoms with Crippen molar-refractivity contribution in [1.82, 2.24) is 4.98 Å². The summed E-state index contributed by atoms with van der Waals surface area (Å²) in [5, 5.41) is 0.874. The minimum absolute atomic E-state index is 0.291. The highest BCUT2D eigenvalue weighted by Crippen LogP contribution is 2.28. The summed E-state index contributed by atoms with van der Waals surface area (Å²) in [5.74, 6) is -0.313. The molecule has 1 fully saturated rings. The standard InChI is InChI=1S/C11H16N2O3S/c1-7-6-16-5-4-13(7)11-12-8(2)9(17-11)10(14)15-3/h7H,4-6H2,1-3H3. The maximum atomic E-state index is 11.5. The first kappa shape index (κ1) is 12.3. The third kappa shape index (κ3) is 2.42. The molecule has 5 nitrogen and oxygen atoms in total. The molecule has 0 N–H and O–H groups in total. The van der Waals surface area contributed by atoms with E-state index in [9.17, 15) is 4.79 Å². The number of hydrogen-bond donors (Lipinski definition) is 0. The van der Waals surface area contributed by atoms with E-state index in [0.717, 1.165) is 17.4 Å². The zero-order chi connectivity index (χ0) is 12.4. The monoisotopic (exact) mass is 256 g/mol. The fourth-order valence-corrected chi connectivity index (χ4v) is 2.91. The van der Waals surface area contributed by atoms with Gasteiger partial charge in [0.2, 0.25) is 0 Å². The molecule has 0 amide bonds. The SMILES string of the molecule is COC(=O)c1sc(N2CCOCC2C)nc1C. The van der Waals surface area contributed by atoms with Gasteiger partial charge in [-0.25, -0.2) is 9.78 Å². The number of aromatic nitrogens is 1. The van der Waals surface area contributed by atoms with Gasteiger partial charge in [0.15, 0.2) is 5.13 Å². The molecule has 1 atom stereocenters. The van der Waals surface area contributed by atoms with Crippen LogP contribution in [0.5, 0.6) is 0 Å². The largest absolute Gasteiger partial charge is 0.465 e. The summed E-state index contributed by atoms with van der Waals surface area (Å²) in [6.07, 6.45) is 0. The van der Waals surface area contributed by atoms with E-state index in [1.54, 1.807) is 0 Å². The van der Waals surface area contributed by atoms with Crippen LogP contribution < -0.4 is 4.90 Å². The van der Waals surface area contributed by atoms with Gasteiger partial charge in [0.1, 0.15) is 4.88 Å². The van der Waals surface area contributed by atoms with E-state index in [0.29, 0.717) is 24.1 Å². The Bertz CT molecular complexity index is 419. The molecule has 17 heavy (non-hydrogen) atoms. The number of methoxy groups -OCH3 is 1. The van der Waals surface area contributed by atoms with Gasteiger partial charge in [-0.3, -0.25) is 0 Å². The average Bonchev–Trinajstić information content (AvgIpc) is 2.71. The number of morpholine rings is 1. The van der Waals surface area contributed by atoms with E-state index in [1.807, 2.05) is 6.92 Å². The Morgan fingerprint density at radius 2 is 2.41 bits per heavy atom. The number of rotatable bonds is 2. The summed E-state index contributed by atoms with van der Waals surface area (Å²) in [6.45, 7) is 6.14. The van der Waals surface area contributed by atoms with Crippen molar-refractivity contribution in [2.45, 2.75) is 19.9 Å². The number of carbonyl (C=O) groups excluding carboxylic acids is 1. The molecule has 0 saturated carbocycles. The van der Waals surface area contributed by atoms with Crippen molar-refractivity contribution in [3.8, 4) is 0 Å². The fourth-order valence-electron chi connectivity index (χ4n) is 1.80. The Balaban J connectivity index is 2.24. The lowest BCUT2D eigenvalue weighted by Crippen LogP contribution is -2.43. The van der Waals surface area contributed by atoms with E-state index in [2.05, 4.69) is 16.8 Å². The van der Waals surface area contributed by atoms with Gasteiger partial charge in [-0.05, 0) is 13.8 Å². The zero-order valence-electron chi connectivity index (χ0n) is 10.2. The van der Waals surface area contributed by atoms with Crippen LogP contribution in [-0.4, -0.2) is 43.9 Å². The highest BCUT2D eigenvalue weighted by Gasteiger charge is 2.24. The van der Waals surface area contributed by atoms with Gasteiger partial charge < -0.3 is 14.4 Å². The summed E-state index contributed by atoms with van der Waals surface area (Å²) < 4.78 is 10.1. The van der Waals surface area contributed by atoms with Gasteiger partial charge in [0.25, 0.3) is 0 Å². The molecule has 1 aliphatic heterocycles. The molecule has 0 radical (unpaired) electrons. The van der Waals surface area contributed by atoms with Crippen molar-refractivity contribution in [2.24, 2.45) is 0 Å². The van der Waals surface area contributed by atoms with Crippen LogP contribution in [0.4, 0.5) is 5.13 Å². The van der Waals surface area contributed by atoms with Crippen LogP contribution in [0.25, 0.3) is 0 Å². The van der Waals surface area contributed by atoms with Crippen LogP contribution in [0.1, 0.15) is 22.3 Å². The number of nitrogens with zero attached hydrogens (tertiary/aromatic N) is 2. The van der Waals surface area contributed by atoms with Crippen molar-refractivity contribution < 1.29 is 14.3 Å². The predicted octanol–water partition coefficient (Wildman–Crippen LogP) is 1.46. The first-order valence-corrected chi connectivity index (χ1v) is 6.35. The lowest BCUT2D eigenvalue weighted by molar-refractivity contribution is 0.0605. The third-order valence-corrected chi connectivity index (χ3v) is 3.94. The molecule has 1 aliphatic rings. The fraction of sp³-hybridized carbons (Fsp3) is 0.636. The second-order valence-corrected chi connectivity index (χ2v) is 5.00. The highest BCUT2D eigenvalue weighted by molar-refractivity contribution is 7.17. The number of carbonyl (C=O) groups is 1. The number of hydrogen-bond acceptors (Lipinski definition) is 6. The summed E-state index contributed by atoms with van der Waals surface area (Å²) in [5.41, 5.74) is 0.732. The highest BCUT2D eigenvalue weighted by atomic mass is 32.1. The molecule has 94 valence electrons. The predicted molar refractivity (Wildman–Crippen MR) is 65.8 cm³/mol. The lowest BCUT2D eigenvalue weighted by atomic mass is 10.3. The minimum Gasteiger partial charge on any atom is -0.465 e. The van der Waals surface area contributed by atoms with Gasteiger partial charge in [0, 0.05) is 6.54 Å². The molecule has 6 heteroatoms. The minimum atomic E-state index is -0.313. The maximum absolute atomic E-state index is 11.5. The van der Waals surface area contributed by atoms with E-state index in [-0.39, 0.29) is 5.97 Å². The third-order valence-electron chi connectivity index (χ3n) is 2.77. The Labute approximate surface area is 104 Å². The summed E-state index contributed by atoms with van der Waals surface area (Å²) in [6, 6.07) is 0.291. The average molecular weight is 256 g/mol. The topological polar surface area (TPSA) is 51.7 Å². The van der Waals surface area contributed by atoms with Crippen LogP contribution in [0.2, 0.25) is 0 Å². The molecule has 0 aromatic carbocycles. The smallest absolute Gasteiger partial charge is 0.350 e. The van der Waals surface area contributed by atoms with Gasteiger partial charge in [-0.2, -0.15) is 0 Å². The van der Waals surface area contributed by atoms with Gasteiger partial charge in [-0.15, -0.1) is 0 Å². The number of ether oxygens (including phenoxy) is 2. The molecular weight excluding hydrogens is 240 g/mol. The van der Waals surface area contributed by atoms with Crippen LogP contribution >= 0.6 is 11.3 Å². The van der Waals surface area contributed by atoms with Crippen molar-refractivity contribution in [3.05, 3.63) is 10.6 Å². The zero-order valence-corrected chi connectivity index (χ0v) is 11.0. The van der Waals surface area contributed by atoms with Gasteiger partial charge in [0.05, 0.1) is 32.1 Å². The van der Waals surface area contributed by atoms with E-state index < -0.39 is 0 Å². The first-order chi connectivity index (χ1) is 8.13. The molecular formula is C11H16N2O3S. The lowest BCUT2D eigenvalue weighted by Gasteiger charge is -2.32. The molecule has 1 saturated heterocycles. The molecule has 2 heterocycles. The van der Waals surface area contributed by atoms with Crippen LogP contribution in [0.15, 0.2) is 0 Å². The van der Waals surface area contributed by atoms with E-state index >= 15 is 0 Å². The quantitative estimate of drug-likeness (QED) is 0.750. The molecule has 0 spiro atoms. The second kappa shape index (κ2) is 5.01. The Kier molecular flexibility index (Phi) is 3.63. The Morgan fingerprint density at radius 3 is 3.06 bits per heavy atom. The normalized spacial score (nSPS) is 20.4. The molecule has 1 aromatic heterocycles. The molecule has 2 rings (SSSR count). The summed E-state index contributed by atoms with van der Waals surface area (Å²) in [4.78, 5) is 18.7. The molecule has 0 bridgehead atoms.